The van der Waals surface area contributed by atoms with E-state index in [1.54, 1.807) is 0 Å². The second-order valence-corrected chi connectivity index (χ2v) is 7.60. The maximum Gasteiger partial charge on any atom is 0.221 e. The molecule has 2 N–H and O–H groups in total. The number of benzene rings is 2. The fraction of sp³-hybridized carbons (Fsp3) is 0.353. The molecule has 1 atom stereocenters. The van der Waals surface area contributed by atoms with Crippen molar-refractivity contribution in [1.29, 1.82) is 0 Å². The Kier molecular flexibility index (Phi) is 5.74. The molecule has 1 amide bonds. The largest absolute Gasteiger partial charge is 0.353 e. The zero-order valence-corrected chi connectivity index (χ0v) is 14.2. The Morgan fingerprint density at radius 3 is 2.52 bits per heavy atom. The lowest BCUT2D eigenvalue weighted by Crippen LogP contribution is -2.36. The number of fused-ring (bicyclic) bond motifs is 1. The first-order chi connectivity index (χ1) is 10.8. The first-order valence-electron chi connectivity index (χ1n) is 7.55. The Morgan fingerprint density at radius 1 is 1.13 bits per heavy atom. The van der Waals surface area contributed by atoms with E-state index >= 15 is 0 Å². The van der Waals surface area contributed by atoms with Gasteiger partial charge in [0.2, 0.25) is 15.9 Å². The van der Waals surface area contributed by atoms with E-state index in [2.05, 4.69) is 40.4 Å². The van der Waals surface area contributed by atoms with Crippen LogP contribution in [-0.4, -0.2) is 33.2 Å². The molecule has 0 bridgehead atoms. The SMILES string of the molecule is C[C@@H](Cc1ccc2ccccc2c1)NC(=O)CCNS(C)(=O)=O. The van der Waals surface area contributed by atoms with Crippen molar-refractivity contribution in [3.05, 3.63) is 48.0 Å². The van der Waals surface area contributed by atoms with Crippen LogP contribution in [-0.2, 0) is 21.2 Å². The molecule has 2 aromatic carbocycles. The van der Waals surface area contributed by atoms with E-state index in [1.165, 1.54) is 10.8 Å². The van der Waals surface area contributed by atoms with Crippen LogP contribution in [0, 0.1) is 0 Å². The highest BCUT2D eigenvalue weighted by molar-refractivity contribution is 7.88. The lowest BCUT2D eigenvalue weighted by atomic mass is 10.0. The molecule has 0 heterocycles. The highest BCUT2D eigenvalue weighted by Gasteiger charge is 2.09. The molecule has 0 unspecified atom stereocenters. The summed E-state index contributed by atoms with van der Waals surface area (Å²) in [4.78, 5) is 11.8. The van der Waals surface area contributed by atoms with Crippen molar-refractivity contribution in [2.75, 3.05) is 12.8 Å². The Labute approximate surface area is 137 Å². The minimum Gasteiger partial charge on any atom is -0.353 e. The van der Waals surface area contributed by atoms with Crippen LogP contribution in [0.5, 0.6) is 0 Å². The molecule has 23 heavy (non-hydrogen) atoms. The van der Waals surface area contributed by atoms with E-state index in [0.717, 1.165) is 18.2 Å². The molecule has 0 spiro atoms. The smallest absolute Gasteiger partial charge is 0.221 e. The monoisotopic (exact) mass is 334 g/mol. The minimum atomic E-state index is -3.25. The average molecular weight is 334 g/mol. The van der Waals surface area contributed by atoms with E-state index in [1.807, 2.05) is 19.1 Å². The molecule has 0 saturated heterocycles. The van der Waals surface area contributed by atoms with E-state index in [9.17, 15) is 13.2 Å². The molecule has 124 valence electrons. The van der Waals surface area contributed by atoms with Crippen molar-refractivity contribution in [2.45, 2.75) is 25.8 Å². The van der Waals surface area contributed by atoms with Gasteiger partial charge < -0.3 is 5.32 Å². The molecule has 0 radical (unpaired) electrons. The summed E-state index contributed by atoms with van der Waals surface area (Å²) in [6, 6.07) is 14.4. The van der Waals surface area contributed by atoms with Crippen LogP contribution in [0.2, 0.25) is 0 Å². The van der Waals surface area contributed by atoms with Crippen LogP contribution in [0.4, 0.5) is 0 Å². The van der Waals surface area contributed by atoms with Crippen LogP contribution in [0.15, 0.2) is 42.5 Å². The average Bonchev–Trinajstić information content (AvgIpc) is 2.45. The van der Waals surface area contributed by atoms with Gasteiger partial charge in [0.25, 0.3) is 0 Å². The predicted octanol–water partition coefficient (Wildman–Crippen LogP) is 1.83. The fourth-order valence-corrected chi connectivity index (χ4v) is 2.94. The van der Waals surface area contributed by atoms with Crippen molar-refractivity contribution in [2.24, 2.45) is 0 Å². The molecule has 0 fully saturated rings. The molecule has 0 saturated carbocycles. The zero-order chi connectivity index (χ0) is 16.9. The summed E-state index contributed by atoms with van der Waals surface area (Å²) < 4.78 is 24.2. The third-order valence-corrected chi connectivity index (χ3v) is 4.21. The van der Waals surface area contributed by atoms with Gasteiger partial charge in [0.05, 0.1) is 6.26 Å². The van der Waals surface area contributed by atoms with E-state index in [0.29, 0.717) is 0 Å². The second kappa shape index (κ2) is 7.57. The van der Waals surface area contributed by atoms with Crippen LogP contribution in [0.3, 0.4) is 0 Å². The van der Waals surface area contributed by atoms with Crippen molar-refractivity contribution in [3.63, 3.8) is 0 Å². The van der Waals surface area contributed by atoms with Crippen LogP contribution in [0.1, 0.15) is 18.9 Å². The normalized spacial score (nSPS) is 13.0. The van der Waals surface area contributed by atoms with Gasteiger partial charge in [0, 0.05) is 19.0 Å². The van der Waals surface area contributed by atoms with Gasteiger partial charge in [-0.1, -0.05) is 42.5 Å². The third-order valence-electron chi connectivity index (χ3n) is 3.48. The number of hydrogen-bond donors (Lipinski definition) is 2. The molecule has 2 rings (SSSR count). The number of hydrogen-bond acceptors (Lipinski definition) is 3. The van der Waals surface area contributed by atoms with Crippen LogP contribution in [0.25, 0.3) is 10.8 Å². The minimum absolute atomic E-state index is 0.0121. The lowest BCUT2D eigenvalue weighted by molar-refractivity contribution is -0.121. The summed E-state index contributed by atoms with van der Waals surface area (Å²) in [5.74, 6) is -0.158. The van der Waals surface area contributed by atoms with Gasteiger partial charge in [0.1, 0.15) is 0 Å². The van der Waals surface area contributed by atoms with Crippen molar-refractivity contribution in [1.82, 2.24) is 10.0 Å². The molecular weight excluding hydrogens is 312 g/mol. The summed E-state index contributed by atoms with van der Waals surface area (Å²) in [6.07, 6.45) is 1.94. The van der Waals surface area contributed by atoms with Gasteiger partial charge >= 0.3 is 0 Å². The van der Waals surface area contributed by atoms with Gasteiger partial charge in [-0.25, -0.2) is 13.1 Å². The number of rotatable bonds is 7. The summed E-state index contributed by atoms with van der Waals surface area (Å²) >= 11 is 0. The standard InChI is InChI=1S/C17H22N2O3S/c1-13(19-17(20)9-10-18-23(2,21)22)11-14-7-8-15-5-3-4-6-16(15)12-14/h3-8,12-13,18H,9-11H2,1-2H3,(H,19,20)/t13-/m0/s1. The second-order valence-electron chi connectivity index (χ2n) is 5.77. The third kappa shape index (κ3) is 6.00. The number of nitrogens with one attached hydrogen (secondary N) is 2. The van der Waals surface area contributed by atoms with Gasteiger partial charge in [-0.2, -0.15) is 0 Å². The number of carbonyl (C=O) groups is 1. The molecular formula is C17H22N2O3S. The van der Waals surface area contributed by atoms with E-state index in [4.69, 9.17) is 0 Å². The van der Waals surface area contributed by atoms with Crippen molar-refractivity contribution >= 4 is 26.7 Å². The molecule has 6 heteroatoms. The van der Waals surface area contributed by atoms with Crippen molar-refractivity contribution in [3.8, 4) is 0 Å². The maximum atomic E-state index is 11.8. The zero-order valence-electron chi connectivity index (χ0n) is 13.4. The molecule has 0 aliphatic carbocycles. The molecule has 0 aliphatic rings. The first-order valence-corrected chi connectivity index (χ1v) is 9.44. The predicted molar refractivity (Wildman–Crippen MR) is 92.7 cm³/mol. The lowest BCUT2D eigenvalue weighted by Gasteiger charge is -2.14. The van der Waals surface area contributed by atoms with Gasteiger partial charge in [-0.15, -0.1) is 0 Å². The summed E-state index contributed by atoms with van der Waals surface area (Å²) in [7, 11) is -3.25. The number of amides is 1. The molecule has 2 aromatic rings. The Hall–Kier alpha value is -1.92. The summed E-state index contributed by atoms with van der Waals surface area (Å²) in [6.45, 7) is 2.06. The van der Waals surface area contributed by atoms with Crippen LogP contribution < -0.4 is 10.0 Å². The molecule has 0 aliphatic heterocycles. The Balaban J connectivity index is 1.85. The molecule has 5 nitrogen and oxygen atoms in total. The fourth-order valence-electron chi connectivity index (χ4n) is 2.47. The highest BCUT2D eigenvalue weighted by Crippen LogP contribution is 2.16. The summed E-state index contributed by atoms with van der Waals surface area (Å²) in [5, 5.41) is 5.26. The van der Waals surface area contributed by atoms with Crippen molar-refractivity contribution < 1.29 is 13.2 Å². The topological polar surface area (TPSA) is 75.3 Å². The van der Waals surface area contributed by atoms with E-state index < -0.39 is 10.0 Å². The van der Waals surface area contributed by atoms with Crippen LogP contribution >= 0.6 is 0 Å². The first kappa shape index (κ1) is 17.4. The maximum absolute atomic E-state index is 11.8. The Bertz CT molecular complexity index is 787. The van der Waals surface area contributed by atoms with Gasteiger partial charge in [0.15, 0.2) is 0 Å². The highest BCUT2D eigenvalue weighted by atomic mass is 32.2. The van der Waals surface area contributed by atoms with Gasteiger partial charge in [-0.3, -0.25) is 4.79 Å². The Morgan fingerprint density at radius 2 is 1.83 bits per heavy atom. The number of carbonyl (C=O) groups excluding carboxylic acids is 1. The molecule has 0 aromatic heterocycles. The quantitative estimate of drug-likeness (QED) is 0.811. The van der Waals surface area contributed by atoms with Gasteiger partial charge in [-0.05, 0) is 29.7 Å². The van der Waals surface area contributed by atoms with E-state index in [-0.39, 0.29) is 24.9 Å². The number of sulfonamides is 1. The summed E-state index contributed by atoms with van der Waals surface area (Å²) in [5.41, 5.74) is 1.16.